The lowest BCUT2D eigenvalue weighted by molar-refractivity contribution is 0.0665. The predicted octanol–water partition coefficient (Wildman–Crippen LogP) is 3.19. The van der Waals surface area contributed by atoms with Crippen molar-refractivity contribution in [1.29, 1.82) is 0 Å². The van der Waals surface area contributed by atoms with Crippen LogP contribution in [0.3, 0.4) is 0 Å². The van der Waals surface area contributed by atoms with Crippen LogP contribution in [0.5, 0.6) is 0 Å². The Morgan fingerprint density at radius 1 is 1.17 bits per heavy atom. The Labute approximate surface area is 103 Å². The van der Waals surface area contributed by atoms with Crippen molar-refractivity contribution in [2.24, 2.45) is 0 Å². The molecule has 18 heavy (non-hydrogen) atoms. The molecule has 0 fully saturated rings. The van der Waals surface area contributed by atoms with Crippen molar-refractivity contribution >= 4 is 16.9 Å². The molecule has 0 aliphatic rings. The van der Waals surface area contributed by atoms with Gasteiger partial charge < -0.3 is 9.52 Å². The molecule has 0 radical (unpaired) electrons. The van der Waals surface area contributed by atoms with Gasteiger partial charge in [-0.15, -0.1) is 0 Å². The van der Waals surface area contributed by atoms with Gasteiger partial charge in [-0.2, -0.15) is 0 Å². The first kappa shape index (κ1) is 10.5. The number of carboxylic acid groups (broad SMARTS) is 1. The minimum atomic E-state index is -1.06. The van der Waals surface area contributed by atoms with Crippen LogP contribution in [-0.2, 0) is 0 Å². The van der Waals surface area contributed by atoms with Gasteiger partial charge >= 0.3 is 5.97 Å². The van der Waals surface area contributed by atoms with E-state index in [9.17, 15) is 4.79 Å². The van der Waals surface area contributed by atoms with E-state index in [1.807, 2.05) is 24.3 Å². The number of hydrogen-bond acceptors (Lipinski definition) is 3. The van der Waals surface area contributed by atoms with Crippen LogP contribution in [0.2, 0.25) is 0 Å². The van der Waals surface area contributed by atoms with Gasteiger partial charge in [0.15, 0.2) is 0 Å². The summed E-state index contributed by atoms with van der Waals surface area (Å²) in [5, 5.41) is 9.74. The minimum absolute atomic E-state index is 0.0495. The fourth-order valence-corrected chi connectivity index (χ4v) is 1.95. The number of aromatic nitrogens is 1. The van der Waals surface area contributed by atoms with Crippen molar-refractivity contribution in [1.82, 2.24) is 4.98 Å². The second-order valence-electron chi connectivity index (χ2n) is 3.87. The lowest BCUT2D eigenvalue weighted by atomic mass is 10.0. The first-order chi connectivity index (χ1) is 8.75. The smallest absolute Gasteiger partial charge is 0.371 e. The third-order valence-electron chi connectivity index (χ3n) is 2.76. The quantitative estimate of drug-likeness (QED) is 0.745. The summed E-state index contributed by atoms with van der Waals surface area (Å²) in [6, 6.07) is 10.8. The number of furan rings is 1. The number of fused-ring (bicyclic) bond motifs is 1. The van der Waals surface area contributed by atoms with Gasteiger partial charge in [0.05, 0.1) is 0 Å². The van der Waals surface area contributed by atoms with E-state index >= 15 is 0 Å². The number of rotatable bonds is 2. The molecule has 2 heterocycles. The molecule has 4 nitrogen and oxygen atoms in total. The van der Waals surface area contributed by atoms with E-state index in [0.717, 1.165) is 16.5 Å². The average molecular weight is 239 g/mol. The van der Waals surface area contributed by atoms with Crippen LogP contribution >= 0.6 is 0 Å². The summed E-state index contributed by atoms with van der Waals surface area (Å²) >= 11 is 0. The molecule has 4 heteroatoms. The zero-order valence-corrected chi connectivity index (χ0v) is 9.33. The van der Waals surface area contributed by atoms with Crippen LogP contribution in [0, 0.1) is 0 Å². The van der Waals surface area contributed by atoms with E-state index in [2.05, 4.69) is 4.98 Å². The Bertz CT molecular complexity index is 716. The van der Waals surface area contributed by atoms with Crippen LogP contribution in [0.1, 0.15) is 10.6 Å². The van der Waals surface area contributed by atoms with Crippen LogP contribution < -0.4 is 0 Å². The van der Waals surface area contributed by atoms with Gasteiger partial charge in [-0.1, -0.05) is 12.1 Å². The number of benzene rings is 1. The van der Waals surface area contributed by atoms with E-state index in [1.165, 1.54) is 0 Å². The fourth-order valence-electron chi connectivity index (χ4n) is 1.95. The Morgan fingerprint density at radius 2 is 1.94 bits per heavy atom. The maximum Gasteiger partial charge on any atom is 0.371 e. The monoisotopic (exact) mass is 239 g/mol. The largest absolute Gasteiger partial charge is 0.475 e. The summed E-state index contributed by atoms with van der Waals surface area (Å²) in [6.45, 7) is 0. The summed E-state index contributed by atoms with van der Waals surface area (Å²) < 4.78 is 5.28. The van der Waals surface area contributed by atoms with Crippen molar-refractivity contribution in [3.05, 3.63) is 54.6 Å². The lowest BCUT2D eigenvalue weighted by Gasteiger charge is -2.01. The summed E-state index contributed by atoms with van der Waals surface area (Å²) in [5.41, 5.74) is 2.49. The Balaban J connectivity index is 2.27. The molecule has 0 bridgehead atoms. The SMILES string of the molecule is O=C(O)c1cc2c(-c3ccncc3)cccc2o1. The predicted molar refractivity (Wildman–Crippen MR) is 66.4 cm³/mol. The molecule has 1 N–H and O–H groups in total. The summed E-state index contributed by atoms with van der Waals surface area (Å²) in [7, 11) is 0. The highest BCUT2D eigenvalue weighted by Gasteiger charge is 2.13. The van der Waals surface area contributed by atoms with E-state index in [1.54, 1.807) is 24.5 Å². The molecule has 0 saturated heterocycles. The van der Waals surface area contributed by atoms with Gasteiger partial charge in [-0.25, -0.2) is 4.79 Å². The van der Waals surface area contributed by atoms with Crippen molar-refractivity contribution in [3.63, 3.8) is 0 Å². The molecule has 0 unspecified atom stereocenters. The number of carboxylic acids is 1. The number of nitrogens with zero attached hydrogens (tertiary/aromatic N) is 1. The molecule has 0 amide bonds. The van der Waals surface area contributed by atoms with Crippen molar-refractivity contribution < 1.29 is 14.3 Å². The van der Waals surface area contributed by atoms with Crippen LogP contribution in [0.25, 0.3) is 22.1 Å². The topological polar surface area (TPSA) is 63.3 Å². The normalized spacial score (nSPS) is 10.7. The zero-order chi connectivity index (χ0) is 12.5. The average Bonchev–Trinajstić information content (AvgIpc) is 2.83. The fraction of sp³-hybridized carbons (Fsp3) is 0. The third kappa shape index (κ3) is 1.64. The number of pyridine rings is 1. The minimum Gasteiger partial charge on any atom is -0.475 e. The Hall–Kier alpha value is -2.62. The maximum atomic E-state index is 10.9. The van der Waals surface area contributed by atoms with Crippen molar-refractivity contribution in [2.75, 3.05) is 0 Å². The van der Waals surface area contributed by atoms with Crippen LogP contribution in [0.15, 0.2) is 53.2 Å². The number of aromatic carboxylic acids is 1. The molecule has 3 rings (SSSR count). The third-order valence-corrected chi connectivity index (χ3v) is 2.76. The van der Waals surface area contributed by atoms with Gasteiger partial charge in [-0.05, 0) is 35.4 Å². The number of carbonyl (C=O) groups is 1. The van der Waals surface area contributed by atoms with Crippen LogP contribution in [0.4, 0.5) is 0 Å². The second kappa shape index (κ2) is 4.00. The molecule has 2 aromatic heterocycles. The Morgan fingerprint density at radius 3 is 2.67 bits per heavy atom. The van der Waals surface area contributed by atoms with Gasteiger partial charge in [0.1, 0.15) is 5.58 Å². The van der Waals surface area contributed by atoms with E-state index in [-0.39, 0.29) is 5.76 Å². The van der Waals surface area contributed by atoms with Crippen molar-refractivity contribution in [3.8, 4) is 11.1 Å². The zero-order valence-electron chi connectivity index (χ0n) is 9.33. The van der Waals surface area contributed by atoms with E-state index < -0.39 is 5.97 Å². The molecule has 0 saturated carbocycles. The lowest BCUT2D eigenvalue weighted by Crippen LogP contribution is -1.91. The molecule has 0 aliphatic carbocycles. The molecule has 0 aliphatic heterocycles. The van der Waals surface area contributed by atoms with E-state index in [0.29, 0.717) is 5.58 Å². The number of hydrogen-bond donors (Lipinski definition) is 1. The van der Waals surface area contributed by atoms with E-state index in [4.69, 9.17) is 9.52 Å². The van der Waals surface area contributed by atoms with Gasteiger partial charge in [0.25, 0.3) is 0 Å². The maximum absolute atomic E-state index is 10.9. The molecule has 0 atom stereocenters. The summed E-state index contributed by atoms with van der Waals surface area (Å²) in [6.07, 6.45) is 3.40. The highest BCUT2D eigenvalue weighted by atomic mass is 16.4. The Kier molecular flexibility index (Phi) is 2.34. The first-order valence-corrected chi connectivity index (χ1v) is 5.42. The van der Waals surface area contributed by atoms with Gasteiger partial charge in [0.2, 0.25) is 5.76 Å². The highest BCUT2D eigenvalue weighted by Crippen LogP contribution is 2.30. The molecule has 88 valence electrons. The molecular formula is C14H9NO3. The first-order valence-electron chi connectivity index (χ1n) is 5.42. The van der Waals surface area contributed by atoms with Gasteiger partial charge in [-0.3, -0.25) is 4.98 Å². The highest BCUT2D eigenvalue weighted by molar-refractivity contribution is 5.98. The second-order valence-corrected chi connectivity index (χ2v) is 3.87. The molecule has 1 aromatic carbocycles. The summed E-state index contributed by atoms with van der Waals surface area (Å²) in [4.78, 5) is 14.9. The summed E-state index contributed by atoms with van der Waals surface area (Å²) in [5.74, 6) is -1.11. The van der Waals surface area contributed by atoms with Crippen molar-refractivity contribution in [2.45, 2.75) is 0 Å². The standard InChI is InChI=1S/C14H9NO3/c16-14(17)13-8-11-10(2-1-3-12(11)18-13)9-4-6-15-7-5-9/h1-8H,(H,16,17). The molecule has 3 aromatic rings. The van der Waals surface area contributed by atoms with Crippen LogP contribution in [-0.4, -0.2) is 16.1 Å². The molecular weight excluding hydrogens is 230 g/mol. The molecule has 0 spiro atoms. The van der Waals surface area contributed by atoms with Gasteiger partial charge in [0, 0.05) is 17.8 Å².